The van der Waals surface area contributed by atoms with Crippen molar-refractivity contribution < 1.29 is 8.83 Å². The van der Waals surface area contributed by atoms with Crippen molar-refractivity contribution in [2.45, 2.75) is 0 Å². The fourth-order valence-corrected chi connectivity index (χ4v) is 8.57. The van der Waals surface area contributed by atoms with Crippen LogP contribution in [0.25, 0.3) is 116 Å². The van der Waals surface area contributed by atoms with Crippen LogP contribution >= 0.6 is 0 Å². The maximum Gasteiger partial charge on any atom is 0.160 e. The van der Waals surface area contributed by atoms with E-state index in [1.54, 1.807) is 0 Å². The summed E-state index contributed by atoms with van der Waals surface area (Å²) in [6.45, 7) is 0. The summed E-state index contributed by atoms with van der Waals surface area (Å²) in [5, 5.41) is 6.59. The van der Waals surface area contributed by atoms with Crippen molar-refractivity contribution in [1.82, 2.24) is 14.5 Å². The number of nitrogens with zero attached hydrogens (tertiary/aromatic N) is 3. The van der Waals surface area contributed by atoms with Gasteiger partial charge in [-0.3, -0.25) is 0 Å². The zero-order chi connectivity index (χ0) is 37.5. The van der Waals surface area contributed by atoms with Gasteiger partial charge in [-0.05, 0) is 54.1 Å². The normalized spacial score (nSPS) is 11.9. The molecule has 0 bridgehead atoms. The van der Waals surface area contributed by atoms with Crippen LogP contribution in [0.1, 0.15) is 0 Å². The lowest BCUT2D eigenvalue weighted by molar-refractivity contribution is 0.657. The molecular formula is C52H31N3O2. The predicted octanol–water partition coefficient (Wildman–Crippen LogP) is 14.0. The number of fused-ring (bicyclic) bond motifs is 9. The van der Waals surface area contributed by atoms with Crippen molar-refractivity contribution in [2.24, 2.45) is 0 Å². The molecule has 0 aliphatic heterocycles. The van der Waals surface area contributed by atoms with E-state index in [4.69, 9.17) is 18.8 Å². The molecule has 0 saturated heterocycles. The van der Waals surface area contributed by atoms with Crippen LogP contribution in [0.4, 0.5) is 0 Å². The summed E-state index contributed by atoms with van der Waals surface area (Å²) in [6.07, 6.45) is 0. The first-order valence-electron chi connectivity index (χ1n) is 19.1. The van der Waals surface area contributed by atoms with Gasteiger partial charge >= 0.3 is 0 Å². The molecule has 0 fully saturated rings. The number of aromatic nitrogens is 3. The summed E-state index contributed by atoms with van der Waals surface area (Å²) >= 11 is 0. The second-order valence-corrected chi connectivity index (χ2v) is 14.5. The van der Waals surface area contributed by atoms with Crippen LogP contribution in [0.2, 0.25) is 0 Å². The zero-order valence-electron chi connectivity index (χ0n) is 30.6. The lowest BCUT2D eigenvalue weighted by Crippen LogP contribution is -1.96. The molecule has 0 unspecified atom stereocenters. The molecule has 0 aliphatic rings. The van der Waals surface area contributed by atoms with Crippen LogP contribution in [0.3, 0.4) is 0 Å². The molecule has 5 heteroatoms. The zero-order valence-corrected chi connectivity index (χ0v) is 30.6. The first-order valence-corrected chi connectivity index (χ1v) is 19.1. The Labute approximate surface area is 326 Å². The van der Waals surface area contributed by atoms with E-state index in [2.05, 4.69) is 138 Å². The third-order valence-corrected chi connectivity index (χ3v) is 11.2. The molecule has 266 valence electrons. The number of benzene rings is 8. The largest absolute Gasteiger partial charge is 0.455 e. The van der Waals surface area contributed by atoms with Crippen molar-refractivity contribution in [2.75, 3.05) is 0 Å². The monoisotopic (exact) mass is 729 g/mol. The van der Waals surface area contributed by atoms with E-state index in [0.717, 1.165) is 88.8 Å². The fraction of sp³-hybridized carbons (Fsp3) is 0. The minimum atomic E-state index is 0.668. The van der Waals surface area contributed by atoms with Gasteiger partial charge in [-0.1, -0.05) is 133 Å². The van der Waals surface area contributed by atoms with Crippen molar-refractivity contribution in [3.05, 3.63) is 188 Å². The maximum absolute atomic E-state index is 6.77. The van der Waals surface area contributed by atoms with Gasteiger partial charge in [0.05, 0.1) is 22.4 Å². The SMILES string of the molecule is c1ccc(-c2cc(-c3cccc4c3oc3cc5oc6c(-c7ccc8c(c7)c7ccccc7n8-c7ccccc7)cccc6c5cc34)nc(-c3ccccc3)n2)cc1. The molecule has 0 aliphatic carbocycles. The van der Waals surface area contributed by atoms with Crippen LogP contribution in [0.5, 0.6) is 0 Å². The van der Waals surface area contributed by atoms with Crippen LogP contribution in [0.15, 0.2) is 197 Å². The van der Waals surface area contributed by atoms with E-state index in [-0.39, 0.29) is 0 Å². The molecule has 4 heterocycles. The van der Waals surface area contributed by atoms with Gasteiger partial charge in [0, 0.05) is 66.3 Å². The molecule has 4 aromatic heterocycles. The van der Waals surface area contributed by atoms with Gasteiger partial charge in [-0.2, -0.15) is 0 Å². The maximum atomic E-state index is 6.77. The fourth-order valence-electron chi connectivity index (χ4n) is 8.57. The van der Waals surface area contributed by atoms with Gasteiger partial charge in [0.1, 0.15) is 22.3 Å². The molecule has 0 saturated carbocycles. The molecule has 0 atom stereocenters. The summed E-state index contributed by atoms with van der Waals surface area (Å²) < 4.78 is 15.9. The summed E-state index contributed by atoms with van der Waals surface area (Å²) in [6, 6.07) is 65.4. The standard InChI is InChI=1S/C52H31N3O2/c1-4-14-32(15-5-1)44-30-45(54-52(53-44)33-16-6-2-7-17-33)40-24-13-23-39-43-29-42-38-22-12-21-36(50(38)56-48(42)31-49(43)57-51(39)40)34-26-27-47-41(28-34)37-20-10-11-25-46(37)55(47)35-18-8-3-9-19-35/h1-31H. The highest BCUT2D eigenvalue weighted by Gasteiger charge is 2.20. The van der Waals surface area contributed by atoms with Crippen LogP contribution in [-0.4, -0.2) is 14.5 Å². The number of para-hydroxylation sites is 4. The minimum absolute atomic E-state index is 0.668. The first kappa shape index (κ1) is 31.6. The molecular weight excluding hydrogens is 699 g/mol. The number of hydrogen-bond donors (Lipinski definition) is 0. The summed E-state index contributed by atoms with van der Waals surface area (Å²) in [7, 11) is 0. The Hall–Kier alpha value is -7.76. The van der Waals surface area contributed by atoms with Gasteiger partial charge in [-0.25, -0.2) is 9.97 Å². The lowest BCUT2D eigenvalue weighted by Gasteiger charge is -2.09. The van der Waals surface area contributed by atoms with E-state index >= 15 is 0 Å². The minimum Gasteiger partial charge on any atom is -0.455 e. The Morgan fingerprint density at radius 2 is 0.930 bits per heavy atom. The van der Waals surface area contributed by atoms with E-state index in [1.807, 2.05) is 54.6 Å². The number of rotatable bonds is 5. The second kappa shape index (κ2) is 12.4. The highest BCUT2D eigenvalue weighted by molar-refractivity contribution is 6.18. The van der Waals surface area contributed by atoms with Crippen molar-refractivity contribution in [3.63, 3.8) is 0 Å². The van der Waals surface area contributed by atoms with E-state index < -0.39 is 0 Å². The number of hydrogen-bond acceptors (Lipinski definition) is 4. The lowest BCUT2D eigenvalue weighted by atomic mass is 9.99. The van der Waals surface area contributed by atoms with Crippen molar-refractivity contribution in [3.8, 4) is 50.7 Å². The molecule has 12 rings (SSSR count). The van der Waals surface area contributed by atoms with Crippen LogP contribution < -0.4 is 0 Å². The molecule has 12 aromatic rings. The third kappa shape index (κ3) is 4.96. The van der Waals surface area contributed by atoms with Gasteiger partial charge in [-0.15, -0.1) is 0 Å². The Kier molecular flexibility index (Phi) is 6.86. The molecule has 0 spiro atoms. The van der Waals surface area contributed by atoms with E-state index in [0.29, 0.717) is 5.82 Å². The highest BCUT2D eigenvalue weighted by Crippen LogP contribution is 2.43. The van der Waals surface area contributed by atoms with Crippen LogP contribution in [0, 0.1) is 0 Å². The molecule has 0 amide bonds. The van der Waals surface area contributed by atoms with E-state index in [9.17, 15) is 0 Å². The smallest absolute Gasteiger partial charge is 0.160 e. The van der Waals surface area contributed by atoms with Gasteiger partial charge in [0.25, 0.3) is 0 Å². The van der Waals surface area contributed by atoms with Crippen molar-refractivity contribution in [1.29, 1.82) is 0 Å². The van der Waals surface area contributed by atoms with Gasteiger partial charge < -0.3 is 13.4 Å². The predicted molar refractivity (Wildman–Crippen MR) is 233 cm³/mol. The Morgan fingerprint density at radius 3 is 1.67 bits per heavy atom. The molecule has 57 heavy (non-hydrogen) atoms. The topological polar surface area (TPSA) is 57.0 Å². The quantitative estimate of drug-likeness (QED) is 0.177. The van der Waals surface area contributed by atoms with Gasteiger partial charge in [0.2, 0.25) is 0 Å². The van der Waals surface area contributed by atoms with Crippen LogP contribution in [-0.2, 0) is 0 Å². The molecule has 0 N–H and O–H groups in total. The van der Waals surface area contributed by atoms with Crippen molar-refractivity contribution >= 4 is 65.7 Å². The summed E-state index contributed by atoms with van der Waals surface area (Å²) in [4.78, 5) is 10.1. The summed E-state index contributed by atoms with van der Waals surface area (Å²) in [5.41, 5.74) is 13.4. The Bertz CT molecular complexity index is 3450. The average Bonchev–Trinajstić information content (AvgIpc) is 3.95. The second-order valence-electron chi connectivity index (χ2n) is 14.5. The van der Waals surface area contributed by atoms with Gasteiger partial charge in [0.15, 0.2) is 5.82 Å². The summed E-state index contributed by atoms with van der Waals surface area (Å²) in [5.74, 6) is 0.668. The molecule has 5 nitrogen and oxygen atoms in total. The van der Waals surface area contributed by atoms with E-state index in [1.165, 1.54) is 21.8 Å². The average molecular weight is 730 g/mol. The first-order chi connectivity index (χ1) is 28.2. The molecule has 0 radical (unpaired) electrons. The highest BCUT2D eigenvalue weighted by atomic mass is 16.3. The third-order valence-electron chi connectivity index (χ3n) is 11.2. The molecule has 8 aromatic carbocycles. The Balaban J connectivity index is 1.01. The Morgan fingerprint density at radius 1 is 0.351 bits per heavy atom. The number of furan rings is 2.